The van der Waals surface area contributed by atoms with Crippen LogP contribution in [0.25, 0.3) is 0 Å². The summed E-state index contributed by atoms with van der Waals surface area (Å²) >= 11 is 0. The number of carbonyl (C=O) groups excluding carboxylic acids is 2. The molecule has 1 aromatic rings. The van der Waals surface area contributed by atoms with Gasteiger partial charge in [-0.05, 0) is 50.7 Å². The lowest BCUT2D eigenvalue weighted by Gasteiger charge is -2.33. The van der Waals surface area contributed by atoms with E-state index in [0.29, 0.717) is 6.61 Å². The first-order valence-corrected chi connectivity index (χ1v) is 8.41. The van der Waals surface area contributed by atoms with E-state index in [4.69, 9.17) is 9.47 Å². The number of ether oxygens (including phenoxy) is 2. The molecule has 0 radical (unpaired) electrons. The van der Waals surface area contributed by atoms with Crippen LogP contribution < -0.4 is 0 Å². The summed E-state index contributed by atoms with van der Waals surface area (Å²) in [6.07, 6.45) is 5.08. The lowest BCUT2D eigenvalue weighted by Crippen LogP contribution is -2.34. The zero-order chi connectivity index (χ0) is 16.9. The van der Waals surface area contributed by atoms with E-state index in [1.54, 1.807) is 24.3 Å². The lowest BCUT2D eigenvalue weighted by molar-refractivity contribution is -0.0271. The number of hydrogen-bond donors (Lipinski definition) is 0. The van der Waals surface area contributed by atoms with E-state index in [1.807, 2.05) is 20.8 Å². The molecule has 0 aliphatic heterocycles. The Kier molecular flexibility index (Phi) is 5.80. The molecule has 0 saturated heterocycles. The molecule has 1 aliphatic rings. The predicted molar refractivity (Wildman–Crippen MR) is 88.5 cm³/mol. The van der Waals surface area contributed by atoms with E-state index in [1.165, 1.54) is 6.42 Å². The molecule has 0 aromatic heterocycles. The fourth-order valence-electron chi connectivity index (χ4n) is 2.84. The Morgan fingerprint density at radius 1 is 1.04 bits per heavy atom. The van der Waals surface area contributed by atoms with Crippen molar-refractivity contribution in [2.45, 2.75) is 58.5 Å². The molecule has 1 fully saturated rings. The van der Waals surface area contributed by atoms with Gasteiger partial charge in [-0.1, -0.05) is 32.4 Å². The molecule has 0 amide bonds. The topological polar surface area (TPSA) is 52.6 Å². The number of carbonyl (C=O) groups is 2. The Labute approximate surface area is 138 Å². The van der Waals surface area contributed by atoms with Crippen LogP contribution in [0.5, 0.6) is 0 Å². The van der Waals surface area contributed by atoms with E-state index in [2.05, 4.69) is 0 Å². The van der Waals surface area contributed by atoms with Crippen molar-refractivity contribution >= 4 is 11.9 Å². The Hall–Kier alpha value is -1.84. The summed E-state index contributed by atoms with van der Waals surface area (Å²) in [4.78, 5) is 24.8. The number of benzene rings is 1. The Balaban J connectivity index is 2.12. The fourth-order valence-corrected chi connectivity index (χ4v) is 2.84. The SMILES string of the molecule is CC(C)COC(=O)c1ccccc1C(=O)OC1(C)CCCCC1. The highest BCUT2D eigenvalue weighted by atomic mass is 16.6. The Bertz CT molecular complexity index is 556. The van der Waals surface area contributed by atoms with Crippen LogP contribution in [0.1, 0.15) is 73.6 Å². The van der Waals surface area contributed by atoms with Crippen molar-refractivity contribution < 1.29 is 19.1 Å². The summed E-state index contributed by atoms with van der Waals surface area (Å²) in [7, 11) is 0. The second-order valence-corrected chi connectivity index (χ2v) is 6.94. The van der Waals surface area contributed by atoms with Gasteiger partial charge in [0.05, 0.1) is 17.7 Å². The van der Waals surface area contributed by atoms with Crippen molar-refractivity contribution in [1.82, 2.24) is 0 Å². The molecular weight excluding hydrogens is 292 g/mol. The molecule has 1 saturated carbocycles. The first-order valence-electron chi connectivity index (χ1n) is 8.41. The van der Waals surface area contributed by atoms with Crippen molar-refractivity contribution in [2.75, 3.05) is 6.61 Å². The summed E-state index contributed by atoms with van der Waals surface area (Å²) in [5.74, 6) is -0.661. The number of hydrogen-bond acceptors (Lipinski definition) is 4. The second kappa shape index (κ2) is 7.62. The van der Waals surface area contributed by atoms with Crippen LogP contribution >= 0.6 is 0 Å². The zero-order valence-electron chi connectivity index (χ0n) is 14.3. The summed E-state index contributed by atoms with van der Waals surface area (Å²) in [6, 6.07) is 6.70. The van der Waals surface area contributed by atoms with Crippen LogP contribution in [0.4, 0.5) is 0 Å². The molecule has 4 nitrogen and oxygen atoms in total. The van der Waals surface area contributed by atoms with Gasteiger partial charge >= 0.3 is 11.9 Å². The van der Waals surface area contributed by atoms with E-state index in [9.17, 15) is 9.59 Å². The average molecular weight is 318 g/mol. The summed E-state index contributed by atoms with van der Waals surface area (Å²) < 4.78 is 11.0. The van der Waals surface area contributed by atoms with Crippen LogP contribution in [0.15, 0.2) is 24.3 Å². The van der Waals surface area contributed by atoms with Crippen LogP contribution in [-0.2, 0) is 9.47 Å². The lowest BCUT2D eigenvalue weighted by atomic mass is 9.86. The first-order chi connectivity index (χ1) is 10.9. The third-order valence-electron chi connectivity index (χ3n) is 4.16. The highest BCUT2D eigenvalue weighted by Crippen LogP contribution is 2.32. The highest BCUT2D eigenvalue weighted by molar-refractivity contribution is 6.03. The molecule has 0 N–H and O–H groups in total. The first kappa shape index (κ1) is 17.5. The molecule has 1 aromatic carbocycles. The van der Waals surface area contributed by atoms with Crippen molar-refractivity contribution in [2.24, 2.45) is 5.92 Å². The van der Waals surface area contributed by atoms with Gasteiger partial charge in [0.25, 0.3) is 0 Å². The summed E-state index contributed by atoms with van der Waals surface area (Å²) in [5, 5.41) is 0. The van der Waals surface area contributed by atoms with Crippen molar-refractivity contribution in [3.8, 4) is 0 Å². The van der Waals surface area contributed by atoms with Gasteiger partial charge in [0.2, 0.25) is 0 Å². The van der Waals surface area contributed by atoms with E-state index in [-0.39, 0.29) is 17.0 Å². The summed E-state index contributed by atoms with van der Waals surface area (Å²) in [6.45, 7) is 6.25. The van der Waals surface area contributed by atoms with Gasteiger partial charge in [0, 0.05) is 0 Å². The van der Waals surface area contributed by atoms with Crippen LogP contribution in [0.2, 0.25) is 0 Å². The molecule has 1 aliphatic carbocycles. The van der Waals surface area contributed by atoms with Crippen molar-refractivity contribution in [3.63, 3.8) is 0 Å². The van der Waals surface area contributed by atoms with Crippen molar-refractivity contribution in [3.05, 3.63) is 35.4 Å². The molecule has 0 heterocycles. The minimum absolute atomic E-state index is 0.249. The summed E-state index contributed by atoms with van der Waals surface area (Å²) in [5.41, 5.74) is 0.134. The fraction of sp³-hybridized carbons (Fsp3) is 0.579. The van der Waals surface area contributed by atoms with E-state index < -0.39 is 17.5 Å². The quantitative estimate of drug-likeness (QED) is 0.756. The molecule has 0 spiro atoms. The minimum atomic E-state index is -0.472. The largest absolute Gasteiger partial charge is 0.462 e. The maximum absolute atomic E-state index is 12.6. The molecule has 126 valence electrons. The Morgan fingerprint density at radius 3 is 2.17 bits per heavy atom. The molecule has 2 rings (SSSR count). The average Bonchev–Trinajstić information content (AvgIpc) is 2.52. The number of rotatable bonds is 5. The third-order valence-corrected chi connectivity index (χ3v) is 4.16. The van der Waals surface area contributed by atoms with Crippen LogP contribution in [0.3, 0.4) is 0 Å². The van der Waals surface area contributed by atoms with E-state index in [0.717, 1.165) is 25.7 Å². The van der Waals surface area contributed by atoms with Gasteiger partial charge in [-0.15, -0.1) is 0 Å². The van der Waals surface area contributed by atoms with Gasteiger partial charge < -0.3 is 9.47 Å². The van der Waals surface area contributed by atoms with Gasteiger partial charge in [0.15, 0.2) is 0 Å². The molecular formula is C19H26O4. The third kappa shape index (κ3) is 4.81. The monoisotopic (exact) mass is 318 g/mol. The second-order valence-electron chi connectivity index (χ2n) is 6.94. The molecule has 4 heteroatoms. The van der Waals surface area contributed by atoms with Crippen LogP contribution in [-0.4, -0.2) is 24.1 Å². The van der Waals surface area contributed by atoms with Gasteiger partial charge in [-0.2, -0.15) is 0 Å². The predicted octanol–water partition coefficient (Wildman–Crippen LogP) is 4.38. The Morgan fingerprint density at radius 2 is 1.61 bits per heavy atom. The zero-order valence-corrected chi connectivity index (χ0v) is 14.3. The highest BCUT2D eigenvalue weighted by Gasteiger charge is 2.32. The normalized spacial score (nSPS) is 16.9. The standard InChI is InChI=1S/C19H26O4/c1-14(2)13-22-17(20)15-9-5-6-10-16(15)18(21)23-19(3)11-7-4-8-12-19/h5-6,9-10,14H,4,7-8,11-13H2,1-3H3. The van der Waals surface area contributed by atoms with Crippen molar-refractivity contribution in [1.29, 1.82) is 0 Å². The molecule has 23 heavy (non-hydrogen) atoms. The number of esters is 2. The maximum Gasteiger partial charge on any atom is 0.339 e. The van der Waals surface area contributed by atoms with E-state index >= 15 is 0 Å². The van der Waals surface area contributed by atoms with Crippen LogP contribution in [0, 0.1) is 5.92 Å². The molecule has 0 atom stereocenters. The smallest absolute Gasteiger partial charge is 0.339 e. The maximum atomic E-state index is 12.6. The van der Waals surface area contributed by atoms with Gasteiger partial charge in [-0.25, -0.2) is 9.59 Å². The van der Waals surface area contributed by atoms with Gasteiger partial charge in [-0.3, -0.25) is 0 Å². The molecule has 0 bridgehead atoms. The minimum Gasteiger partial charge on any atom is -0.462 e. The van der Waals surface area contributed by atoms with Gasteiger partial charge in [0.1, 0.15) is 5.60 Å². The molecule has 0 unspecified atom stereocenters.